The van der Waals surface area contributed by atoms with E-state index >= 15 is 0 Å². The van der Waals surface area contributed by atoms with E-state index in [2.05, 4.69) is 20.5 Å². The molecule has 4 rings (SSSR count). The molecule has 0 unspecified atom stereocenters. The Morgan fingerprint density at radius 2 is 1.79 bits per heavy atom. The minimum Gasteiger partial charge on any atom is -0.486 e. The number of nitrogens with one attached hydrogen (secondary N) is 2. The van der Waals surface area contributed by atoms with Gasteiger partial charge in [0.05, 0.1) is 0 Å². The molecule has 2 aromatic rings. The van der Waals surface area contributed by atoms with E-state index in [0.717, 1.165) is 41.5 Å². The third kappa shape index (κ3) is 4.47. The van der Waals surface area contributed by atoms with Crippen molar-refractivity contribution in [3.63, 3.8) is 0 Å². The highest BCUT2D eigenvalue weighted by Gasteiger charge is 2.16. The zero-order valence-electron chi connectivity index (χ0n) is 15.9. The van der Waals surface area contributed by atoms with Crippen LogP contribution in [0.3, 0.4) is 0 Å². The number of hydrogen-bond donors (Lipinski definition) is 2. The standard InChI is InChI=1S/C21H26N4O3/c26-21(23-14-16-6-7-18-19(13-16)28-12-11-27-18)24-15-17-5-4-8-22-20(17)25-9-2-1-3-10-25/h4-8,13H,1-3,9-12,14-15H2,(H2,23,24,26). The second kappa shape index (κ2) is 8.82. The molecule has 7 nitrogen and oxygen atoms in total. The fourth-order valence-electron chi connectivity index (χ4n) is 3.58. The Morgan fingerprint density at radius 3 is 2.64 bits per heavy atom. The molecule has 2 amide bonds. The van der Waals surface area contributed by atoms with Gasteiger partial charge in [-0.15, -0.1) is 0 Å². The molecule has 1 saturated heterocycles. The highest BCUT2D eigenvalue weighted by Crippen LogP contribution is 2.30. The lowest BCUT2D eigenvalue weighted by Gasteiger charge is -2.29. The van der Waals surface area contributed by atoms with Crippen LogP contribution in [0.4, 0.5) is 10.6 Å². The van der Waals surface area contributed by atoms with Crippen molar-refractivity contribution in [3.05, 3.63) is 47.7 Å². The topological polar surface area (TPSA) is 75.7 Å². The lowest BCUT2D eigenvalue weighted by molar-refractivity contribution is 0.171. The Kier molecular flexibility index (Phi) is 5.80. The second-order valence-corrected chi connectivity index (χ2v) is 7.05. The zero-order valence-corrected chi connectivity index (χ0v) is 15.9. The first-order valence-electron chi connectivity index (χ1n) is 9.89. The molecule has 0 bridgehead atoms. The van der Waals surface area contributed by atoms with Crippen LogP contribution in [0.1, 0.15) is 30.4 Å². The number of amides is 2. The maximum Gasteiger partial charge on any atom is 0.315 e. The summed E-state index contributed by atoms with van der Waals surface area (Å²) >= 11 is 0. The minimum absolute atomic E-state index is 0.205. The summed E-state index contributed by atoms with van der Waals surface area (Å²) in [7, 11) is 0. The highest BCUT2D eigenvalue weighted by atomic mass is 16.6. The third-order valence-electron chi connectivity index (χ3n) is 5.02. The van der Waals surface area contributed by atoms with E-state index in [1.807, 2.05) is 36.5 Å². The number of benzene rings is 1. The zero-order chi connectivity index (χ0) is 19.2. The van der Waals surface area contributed by atoms with Crippen LogP contribution >= 0.6 is 0 Å². The average Bonchev–Trinajstić information content (AvgIpc) is 2.77. The van der Waals surface area contributed by atoms with E-state index in [1.54, 1.807) is 0 Å². The molecule has 148 valence electrons. The number of piperidine rings is 1. The molecule has 2 aliphatic heterocycles. The first kappa shape index (κ1) is 18.4. The summed E-state index contributed by atoms with van der Waals surface area (Å²) in [6.07, 6.45) is 5.48. The smallest absolute Gasteiger partial charge is 0.315 e. The summed E-state index contributed by atoms with van der Waals surface area (Å²) in [5, 5.41) is 5.83. The van der Waals surface area contributed by atoms with Gasteiger partial charge < -0.3 is 25.0 Å². The monoisotopic (exact) mass is 382 g/mol. The maximum absolute atomic E-state index is 12.3. The summed E-state index contributed by atoms with van der Waals surface area (Å²) in [5.41, 5.74) is 2.01. The fraction of sp³-hybridized carbons (Fsp3) is 0.429. The minimum atomic E-state index is -0.205. The molecule has 0 aliphatic carbocycles. The number of ether oxygens (including phenoxy) is 2. The Morgan fingerprint density at radius 1 is 1.00 bits per heavy atom. The van der Waals surface area contributed by atoms with E-state index < -0.39 is 0 Å². The number of fused-ring (bicyclic) bond motifs is 1. The van der Waals surface area contributed by atoms with Crippen molar-refractivity contribution in [2.45, 2.75) is 32.4 Å². The van der Waals surface area contributed by atoms with Crippen LogP contribution < -0.4 is 25.0 Å². The lowest BCUT2D eigenvalue weighted by atomic mass is 10.1. The van der Waals surface area contributed by atoms with Gasteiger partial charge in [0.1, 0.15) is 19.0 Å². The summed E-state index contributed by atoms with van der Waals surface area (Å²) in [4.78, 5) is 19.1. The summed E-state index contributed by atoms with van der Waals surface area (Å²) < 4.78 is 11.1. The lowest BCUT2D eigenvalue weighted by Crippen LogP contribution is -2.36. The summed E-state index contributed by atoms with van der Waals surface area (Å²) in [6, 6.07) is 9.45. The molecule has 2 aliphatic rings. The summed E-state index contributed by atoms with van der Waals surface area (Å²) in [6.45, 7) is 4.05. The van der Waals surface area contributed by atoms with Gasteiger partial charge in [-0.1, -0.05) is 12.1 Å². The molecule has 7 heteroatoms. The van der Waals surface area contributed by atoms with Crippen molar-refractivity contribution >= 4 is 11.8 Å². The van der Waals surface area contributed by atoms with Crippen molar-refractivity contribution in [1.29, 1.82) is 0 Å². The molecule has 1 aromatic heterocycles. The molecular formula is C21H26N4O3. The van der Waals surface area contributed by atoms with Gasteiger partial charge in [0.15, 0.2) is 11.5 Å². The molecule has 0 spiro atoms. The highest BCUT2D eigenvalue weighted by molar-refractivity contribution is 5.74. The Balaban J connectivity index is 1.30. The Labute approximate surface area is 165 Å². The molecule has 28 heavy (non-hydrogen) atoms. The van der Waals surface area contributed by atoms with Gasteiger partial charge in [0.2, 0.25) is 0 Å². The van der Waals surface area contributed by atoms with Gasteiger partial charge in [0, 0.05) is 37.9 Å². The Bertz CT molecular complexity index is 821. The quantitative estimate of drug-likeness (QED) is 0.832. The van der Waals surface area contributed by atoms with Crippen molar-refractivity contribution in [1.82, 2.24) is 15.6 Å². The van der Waals surface area contributed by atoms with Crippen LogP contribution in [0, 0.1) is 0 Å². The van der Waals surface area contributed by atoms with Crippen LogP contribution in [-0.4, -0.2) is 37.3 Å². The molecule has 3 heterocycles. The SMILES string of the molecule is O=C(NCc1ccc2c(c1)OCCO2)NCc1cccnc1N1CCCCC1. The average molecular weight is 382 g/mol. The van der Waals surface area contributed by atoms with Gasteiger partial charge in [-0.2, -0.15) is 0 Å². The van der Waals surface area contributed by atoms with Crippen LogP contribution in [0.15, 0.2) is 36.5 Å². The second-order valence-electron chi connectivity index (χ2n) is 7.05. The maximum atomic E-state index is 12.3. The number of nitrogens with zero attached hydrogens (tertiary/aromatic N) is 2. The number of carbonyl (C=O) groups is 1. The van der Waals surface area contributed by atoms with Crippen LogP contribution in [-0.2, 0) is 13.1 Å². The summed E-state index contributed by atoms with van der Waals surface area (Å²) in [5.74, 6) is 2.46. The molecule has 0 radical (unpaired) electrons. The fourth-order valence-corrected chi connectivity index (χ4v) is 3.58. The largest absolute Gasteiger partial charge is 0.486 e. The van der Waals surface area contributed by atoms with Gasteiger partial charge in [0.25, 0.3) is 0 Å². The van der Waals surface area contributed by atoms with Crippen LogP contribution in [0.2, 0.25) is 0 Å². The number of urea groups is 1. The van der Waals surface area contributed by atoms with Gasteiger partial charge in [-0.25, -0.2) is 9.78 Å². The third-order valence-corrected chi connectivity index (χ3v) is 5.02. The Hall–Kier alpha value is -2.96. The van der Waals surface area contributed by atoms with E-state index in [4.69, 9.17) is 9.47 Å². The number of carbonyl (C=O) groups excluding carboxylic acids is 1. The van der Waals surface area contributed by atoms with E-state index in [-0.39, 0.29) is 6.03 Å². The van der Waals surface area contributed by atoms with Crippen molar-refractivity contribution < 1.29 is 14.3 Å². The van der Waals surface area contributed by atoms with Crippen LogP contribution in [0.5, 0.6) is 11.5 Å². The van der Waals surface area contributed by atoms with Gasteiger partial charge >= 0.3 is 6.03 Å². The number of pyridine rings is 1. The van der Waals surface area contributed by atoms with Crippen molar-refractivity contribution in [2.75, 3.05) is 31.2 Å². The van der Waals surface area contributed by atoms with Crippen molar-refractivity contribution in [3.8, 4) is 11.5 Å². The molecule has 1 aromatic carbocycles. The normalized spacial score (nSPS) is 15.8. The predicted octanol–water partition coefficient (Wildman–Crippen LogP) is 2.84. The first-order valence-corrected chi connectivity index (χ1v) is 9.89. The molecule has 2 N–H and O–H groups in total. The molecule has 0 atom stereocenters. The molecular weight excluding hydrogens is 356 g/mol. The van der Waals surface area contributed by atoms with E-state index in [0.29, 0.717) is 26.3 Å². The first-order chi connectivity index (χ1) is 13.8. The van der Waals surface area contributed by atoms with Crippen molar-refractivity contribution in [2.24, 2.45) is 0 Å². The van der Waals surface area contributed by atoms with Gasteiger partial charge in [-0.05, 0) is 43.0 Å². The van der Waals surface area contributed by atoms with E-state index in [1.165, 1.54) is 19.3 Å². The number of hydrogen-bond acceptors (Lipinski definition) is 5. The predicted molar refractivity (Wildman–Crippen MR) is 107 cm³/mol. The molecule has 0 saturated carbocycles. The number of rotatable bonds is 5. The van der Waals surface area contributed by atoms with Gasteiger partial charge in [-0.3, -0.25) is 0 Å². The van der Waals surface area contributed by atoms with Crippen LogP contribution in [0.25, 0.3) is 0 Å². The molecule has 1 fully saturated rings. The van der Waals surface area contributed by atoms with E-state index in [9.17, 15) is 4.79 Å². The number of aromatic nitrogens is 1. The number of anilines is 1.